The van der Waals surface area contributed by atoms with Crippen molar-refractivity contribution < 1.29 is 24.2 Å². The molecule has 3 fully saturated rings. The van der Waals surface area contributed by atoms with Crippen molar-refractivity contribution in [2.75, 3.05) is 13.2 Å². The van der Waals surface area contributed by atoms with Crippen LogP contribution in [0, 0.1) is 5.41 Å². The molecule has 1 aliphatic heterocycles. The molecule has 2 N–H and O–H groups in total. The number of aliphatic carboxylic acids is 1. The molecule has 182 valence electrons. The number of benzene rings is 2. The third-order valence-corrected chi connectivity index (χ3v) is 8.71. The Hall–Kier alpha value is -3.35. The van der Waals surface area contributed by atoms with E-state index in [0.717, 1.165) is 36.8 Å². The van der Waals surface area contributed by atoms with Crippen molar-refractivity contribution in [3.8, 4) is 11.1 Å². The molecule has 7 nitrogen and oxygen atoms in total. The van der Waals surface area contributed by atoms with Crippen LogP contribution in [0.4, 0.5) is 4.79 Å². The SMILES string of the molecule is O=C(NC1(CC(=O)N2CCC3(C(=O)O)CCCC23)CC1)OCC1c2ccccc2-c2ccccc21. The van der Waals surface area contributed by atoms with E-state index in [1.165, 1.54) is 11.1 Å². The minimum absolute atomic E-state index is 0.0129. The number of carboxylic acids is 1. The van der Waals surface area contributed by atoms with Gasteiger partial charge in [0.1, 0.15) is 6.61 Å². The Morgan fingerprint density at radius 1 is 0.971 bits per heavy atom. The van der Waals surface area contributed by atoms with Gasteiger partial charge in [-0.1, -0.05) is 55.0 Å². The van der Waals surface area contributed by atoms with Gasteiger partial charge in [0.25, 0.3) is 0 Å². The average Bonchev–Trinajstić information content (AvgIpc) is 3.20. The van der Waals surface area contributed by atoms with Crippen LogP contribution >= 0.6 is 0 Å². The second-order valence-electron chi connectivity index (χ2n) is 10.6. The number of alkyl carbamates (subject to hydrolysis) is 1. The van der Waals surface area contributed by atoms with E-state index in [4.69, 9.17) is 4.74 Å². The van der Waals surface area contributed by atoms with Gasteiger partial charge in [0.05, 0.1) is 17.4 Å². The number of nitrogens with one attached hydrogen (secondary N) is 1. The van der Waals surface area contributed by atoms with Crippen molar-refractivity contribution in [2.24, 2.45) is 5.41 Å². The second kappa shape index (κ2) is 8.11. The van der Waals surface area contributed by atoms with Gasteiger partial charge in [0, 0.05) is 18.5 Å². The van der Waals surface area contributed by atoms with Crippen molar-refractivity contribution >= 4 is 18.0 Å². The molecule has 2 atom stereocenters. The highest BCUT2D eigenvalue weighted by molar-refractivity contribution is 5.84. The fourth-order valence-corrected chi connectivity index (χ4v) is 6.67. The first-order chi connectivity index (χ1) is 16.9. The van der Waals surface area contributed by atoms with Crippen LogP contribution in [-0.2, 0) is 14.3 Å². The Balaban J connectivity index is 1.08. The summed E-state index contributed by atoms with van der Waals surface area (Å²) in [4.78, 5) is 39.6. The molecule has 1 saturated heterocycles. The van der Waals surface area contributed by atoms with E-state index < -0.39 is 23.0 Å². The molecular formula is C28H30N2O5. The number of carbonyl (C=O) groups excluding carboxylic acids is 2. The van der Waals surface area contributed by atoms with E-state index in [1.807, 2.05) is 24.3 Å². The quantitative estimate of drug-likeness (QED) is 0.651. The molecule has 35 heavy (non-hydrogen) atoms. The topological polar surface area (TPSA) is 95.9 Å². The summed E-state index contributed by atoms with van der Waals surface area (Å²) < 4.78 is 5.69. The molecule has 7 heteroatoms. The molecule has 2 aromatic carbocycles. The Morgan fingerprint density at radius 2 is 1.63 bits per heavy atom. The van der Waals surface area contributed by atoms with Gasteiger partial charge in [0.2, 0.25) is 5.91 Å². The van der Waals surface area contributed by atoms with Crippen LogP contribution in [0.5, 0.6) is 0 Å². The molecule has 0 radical (unpaired) electrons. The summed E-state index contributed by atoms with van der Waals surface area (Å²) in [6, 6.07) is 16.2. The Kier molecular flexibility index (Phi) is 5.13. The predicted molar refractivity (Wildman–Crippen MR) is 129 cm³/mol. The molecule has 0 spiro atoms. The molecule has 2 aromatic rings. The molecule has 1 heterocycles. The lowest BCUT2D eigenvalue weighted by molar-refractivity contribution is -0.150. The van der Waals surface area contributed by atoms with E-state index in [9.17, 15) is 19.5 Å². The van der Waals surface area contributed by atoms with Gasteiger partial charge in [0.15, 0.2) is 0 Å². The molecule has 2 saturated carbocycles. The maximum atomic E-state index is 13.2. The number of nitrogens with zero attached hydrogens (tertiary/aromatic N) is 1. The van der Waals surface area contributed by atoms with Gasteiger partial charge in [-0.2, -0.15) is 0 Å². The van der Waals surface area contributed by atoms with Gasteiger partial charge in [-0.3, -0.25) is 9.59 Å². The Bertz CT molecular complexity index is 1160. The number of amides is 2. The first-order valence-corrected chi connectivity index (χ1v) is 12.6. The van der Waals surface area contributed by atoms with Crippen LogP contribution in [0.25, 0.3) is 11.1 Å². The zero-order chi connectivity index (χ0) is 24.2. The van der Waals surface area contributed by atoms with Gasteiger partial charge < -0.3 is 20.1 Å². The number of ether oxygens (including phenoxy) is 1. The van der Waals surface area contributed by atoms with Crippen LogP contribution in [0.1, 0.15) is 62.0 Å². The third kappa shape index (κ3) is 3.60. The zero-order valence-electron chi connectivity index (χ0n) is 19.7. The largest absolute Gasteiger partial charge is 0.481 e. The van der Waals surface area contributed by atoms with Gasteiger partial charge in [-0.15, -0.1) is 0 Å². The summed E-state index contributed by atoms with van der Waals surface area (Å²) in [5, 5.41) is 12.8. The Labute approximate surface area is 204 Å². The minimum Gasteiger partial charge on any atom is -0.481 e. The fraction of sp³-hybridized carbons (Fsp3) is 0.464. The van der Waals surface area contributed by atoms with Crippen LogP contribution in [0.3, 0.4) is 0 Å². The molecule has 0 aromatic heterocycles. The monoisotopic (exact) mass is 474 g/mol. The van der Waals surface area contributed by atoms with Crippen LogP contribution in [0.2, 0.25) is 0 Å². The van der Waals surface area contributed by atoms with Crippen molar-refractivity contribution in [3.63, 3.8) is 0 Å². The van der Waals surface area contributed by atoms with Crippen LogP contribution in [-0.4, -0.2) is 52.7 Å². The number of hydrogen-bond donors (Lipinski definition) is 2. The second-order valence-corrected chi connectivity index (χ2v) is 10.6. The summed E-state index contributed by atoms with van der Waals surface area (Å²) in [6.45, 7) is 0.718. The first kappa shape index (κ1) is 22.1. The van der Waals surface area contributed by atoms with Crippen molar-refractivity contribution in [1.82, 2.24) is 10.2 Å². The number of likely N-dealkylation sites (tertiary alicyclic amines) is 1. The molecular weight excluding hydrogens is 444 g/mol. The van der Waals surface area contributed by atoms with E-state index in [0.29, 0.717) is 19.4 Å². The molecule has 2 unspecified atom stereocenters. The highest BCUT2D eigenvalue weighted by Crippen LogP contribution is 2.50. The predicted octanol–water partition coefficient (Wildman–Crippen LogP) is 4.30. The number of fused-ring (bicyclic) bond motifs is 4. The average molecular weight is 475 g/mol. The highest BCUT2D eigenvalue weighted by atomic mass is 16.5. The van der Waals surface area contributed by atoms with Gasteiger partial charge >= 0.3 is 12.1 Å². The van der Waals surface area contributed by atoms with Gasteiger partial charge in [-0.05, 0) is 54.4 Å². The lowest BCUT2D eigenvalue weighted by Crippen LogP contribution is -2.46. The van der Waals surface area contributed by atoms with Crippen LogP contribution in [0.15, 0.2) is 48.5 Å². The molecule has 4 aliphatic rings. The van der Waals surface area contributed by atoms with Crippen LogP contribution < -0.4 is 5.32 Å². The maximum absolute atomic E-state index is 13.2. The van der Waals surface area contributed by atoms with Gasteiger partial charge in [-0.25, -0.2) is 4.79 Å². The van der Waals surface area contributed by atoms with Crippen molar-refractivity contribution in [2.45, 2.75) is 62.4 Å². The van der Waals surface area contributed by atoms with Crippen molar-refractivity contribution in [1.29, 1.82) is 0 Å². The normalized spacial score (nSPS) is 25.5. The van der Waals surface area contributed by atoms with E-state index in [2.05, 4.69) is 29.6 Å². The number of rotatable bonds is 6. The standard InChI is InChI=1S/C28H30N2O5/c31-24(30-15-14-28(25(32)33)11-5-10-23(28)30)16-27(12-13-27)29-26(34)35-17-22-20-8-3-1-6-18(20)19-7-2-4-9-21(19)22/h1-4,6-9,22-23H,5,10-17H2,(H,29,34)(H,32,33). The van der Waals surface area contributed by atoms with Crippen molar-refractivity contribution in [3.05, 3.63) is 59.7 Å². The number of carbonyl (C=O) groups is 3. The summed E-state index contributed by atoms with van der Waals surface area (Å²) >= 11 is 0. The van der Waals surface area contributed by atoms with E-state index >= 15 is 0 Å². The van der Waals surface area contributed by atoms with E-state index in [-0.39, 0.29) is 30.9 Å². The lowest BCUT2D eigenvalue weighted by atomic mass is 9.82. The maximum Gasteiger partial charge on any atom is 0.407 e. The Morgan fingerprint density at radius 3 is 2.26 bits per heavy atom. The summed E-state index contributed by atoms with van der Waals surface area (Å²) in [5.41, 5.74) is 3.31. The third-order valence-electron chi connectivity index (χ3n) is 8.71. The zero-order valence-corrected chi connectivity index (χ0v) is 19.7. The summed E-state index contributed by atoms with van der Waals surface area (Å²) in [5.74, 6) is -0.856. The number of carboxylic acid groups (broad SMARTS) is 1. The molecule has 0 bridgehead atoms. The molecule has 2 amide bonds. The molecule has 6 rings (SSSR count). The lowest BCUT2D eigenvalue weighted by Gasteiger charge is -2.30. The van der Waals surface area contributed by atoms with E-state index in [1.54, 1.807) is 4.90 Å². The number of hydrogen-bond acceptors (Lipinski definition) is 4. The first-order valence-electron chi connectivity index (χ1n) is 12.6. The summed E-state index contributed by atoms with van der Waals surface area (Å²) in [7, 11) is 0. The fourth-order valence-electron chi connectivity index (χ4n) is 6.67. The smallest absolute Gasteiger partial charge is 0.407 e. The molecule has 3 aliphatic carbocycles. The minimum atomic E-state index is -0.785. The highest BCUT2D eigenvalue weighted by Gasteiger charge is 2.58. The summed E-state index contributed by atoms with van der Waals surface area (Å²) in [6.07, 6.45) is 3.89.